The van der Waals surface area contributed by atoms with Crippen molar-refractivity contribution in [3.05, 3.63) is 71.6 Å². The van der Waals surface area contributed by atoms with Gasteiger partial charge in [-0.2, -0.15) is 5.26 Å². The SMILES string of the molecule is [2H]c1c([2H])c([2H])c(C(C#N)(c2c([2H])c([2H])c([2H])c([2H])c2[2H])[C@@]2([2H])C([2H])([2H])NC([2H])([2H])C2([2H])[2H])c([2H])c1[2H]. The first-order valence-electron chi connectivity index (χ1n) is 14.0. The highest BCUT2D eigenvalue weighted by Crippen LogP contribution is 2.41. The first kappa shape index (κ1) is 3.75. The summed E-state index contributed by atoms with van der Waals surface area (Å²) in [6.07, 6.45) is -3.77. The summed E-state index contributed by atoms with van der Waals surface area (Å²) < 4.78 is 141. The van der Waals surface area contributed by atoms with E-state index in [1.807, 2.05) is 0 Å². The van der Waals surface area contributed by atoms with Gasteiger partial charge in [0, 0.05) is 16.1 Å². The Morgan fingerprint density at radius 3 is 2.10 bits per heavy atom. The largest absolute Gasteiger partial charge is 0.316 e. The normalized spacial score (nSPS) is 42.0. The summed E-state index contributed by atoms with van der Waals surface area (Å²) in [4.78, 5) is 0. The molecule has 2 aromatic rings. The fourth-order valence-corrected chi connectivity index (χ4v) is 1.82. The summed E-state index contributed by atoms with van der Waals surface area (Å²) in [6, 6.07) is -9.88. The van der Waals surface area contributed by atoms with Crippen LogP contribution in [-0.4, -0.2) is 13.0 Å². The molecule has 0 unspecified atom stereocenters. The Bertz CT molecular complexity index is 1250. The molecule has 20 heavy (non-hydrogen) atoms. The standard InChI is InChI=1S/C18H18N2/c19-14-18(17-11-12-20-13-17,15-7-3-1-4-8-15)16-9-5-2-6-10-16/h1-10,17,20H,11-13H2/t17-/m1/s1/i1D,2D,3D,4D,5D,6D,7D,8D,9D,10D,11D2,12D2,13D2,17D. The van der Waals surface area contributed by atoms with E-state index in [2.05, 4.69) is 0 Å². The van der Waals surface area contributed by atoms with Crippen molar-refractivity contribution in [1.29, 1.82) is 5.26 Å². The van der Waals surface area contributed by atoms with Gasteiger partial charge in [-0.15, -0.1) is 0 Å². The van der Waals surface area contributed by atoms with Crippen molar-refractivity contribution in [2.45, 2.75) is 11.8 Å². The third-order valence-electron chi connectivity index (χ3n) is 2.73. The topological polar surface area (TPSA) is 35.8 Å². The minimum Gasteiger partial charge on any atom is -0.316 e. The number of hydrogen-bond donors (Lipinski definition) is 1. The number of nitrogens with one attached hydrogen (secondary N) is 1. The Morgan fingerprint density at radius 2 is 1.70 bits per heavy atom. The minimum absolute atomic E-state index is 0.975. The Hall–Kier alpha value is -2.11. The van der Waals surface area contributed by atoms with Crippen molar-refractivity contribution in [3.63, 3.8) is 0 Å². The molecular weight excluding hydrogens is 244 g/mol. The van der Waals surface area contributed by atoms with Gasteiger partial charge in [-0.3, -0.25) is 0 Å². The Kier molecular flexibility index (Phi) is 1.03. The van der Waals surface area contributed by atoms with Crippen LogP contribution in [0.15, 0.2) is 60.4 Å². The lowest BCUT2D eigenvalue weighted by Crippen LogP contribution is -2.36. The Labute approximate surface area is 143 Å². The van der Waals surface area contributed by atoms with Crippen LogP contribution >= 0.6 is 0 Å². The lowest BCUT2D eigenvalue weighted by atomic mass is 9.66. The zero-order chi connectivity index (χ0) is 28.8. The first-order chi connectivity index (χ1) is 16.6. The van der Waals surface area contributed by atoms with Gasteiger partial charge in [-0.05, 0) is 29.9 Å². The van der Waals surface area contributed by atoms with E-state index in [1.165, 1.54) is 6.07 Å². The summed E-state index contributed by atoms with van der Waals surface area (Å²) in [5.41, 5.74) is -6.10. The predicted molar refractivity (Wildman–Crippen MR) is 80.3 cm³/mol. The molecule has 1 heterocycles. The molecule has 0 aliphatic carbocycles. The molecule has 0 aromatic heterocycles. The molecule has 1 N–H and O–H groups in total. The lowest BCUT2D eigenvalue weighted by Gasteiger charge is -2.33. The van der Waals surface area contributed by atoms with Crippen LogP contribution < -0.4 is 5.32 Å². The van der Waals surface area contributed by atoms with Gasteiger partial charge in [0.1, 0.15) is 5.41 Å². The molecule has 1 aliphatic rings. The highest BCUT2D eigenvalue weighted by molar-refractivity contribution is 5.47. The predicted octanol–water partition coefficient (Wildman–Crippen LogP) is 3.11. The van der Waals surface area contributed by atoms with Crippen molar-refractivity contribution in [3.8, 4) is 6.07 Å². The van der Waals surface area contributed by atoms with Gasteiger partial charge in [-0.25, -0.2) is 0 Å². The maximum atomic E-state index is 10.6. The van der Waals surface area contributed by atoms with Gasteiger partial charge >= 0.3 is 0 Å². The maximum Gasteiger partial charge on any atom is 0.111 e. The van der Waals surface area contributed by atoms with Gasteiger partial charge in [0.25, 0.3) is 0 Å². The number of rotatable bonds is 3. The number of benzene rings is 2. The average Bonchev–Trinajstić information content (AvgIpc) is 2.90. The summed E-state index contributed by atoms with van der Waals surface area (Å²) in [7, 11) is 0. The molecule has 2 nitrogen and oxygen atoms in total. The summed E-state index contributed by atoms with van der Waals surface area (Å²) in [5.74, 6) is -3.85. The van der Waals surface area contributed by atoms with Crippen LogP contribution in [0.1, 0.15) is 40.8 Å². The summed E-state index contributed by atoms with van der Waals surface area (Å²) >= 11 is 0. The summed E-state index contributed by atoms with van der Waals surface area (Å²) in [6.45, 7) is -7.00. The Morgan fingerprint density at radius 1 is 1.15 bits per heavy atom. The van der Waals surface area contributed by atoms with E-state index in [0.29, 0.717) is 0 Å². The van der Waals surface area contributed by atoms with E-state index in [0.717, 1.165) is 0 Å². The quantitative estimate of drug-likeness (QED) is 0.937. The number of nitriles is 1. The maximum absolute atomic E-state index is 10.6. The van der Waals surface area contributed by atoms with Crippen molar-refractivity contribution in [2.24, 2.45) is 5.89 Å². The number of hydrogen-bond acceptors (Lipinski definition) is 2. The molecule has 2 aromatic carbocycles. The minimum atomic E-state index is -3.85. The monoisotopic (exact) mass is 279 g/mol. The van der Waals surface area contributed by atoms with E-state index in [9.17, 15) is 5.26 Å². The smallest absolute Gasteiger partial charge is 0.111 e. The van der Waals surface area contributed by atoms with Crippen LogP contribution in [0, 0.1) is 17.2 Å². The average molecular weight is 279 g/mol. The summed E-state index contributed by atoms with van der Waals surface area (Å²) in [5, 5.41) is 12.3. The second-order valence-corrected chi connectivity index (χ2v) is 3.74. The van der Waals surface area contributed by atoms with E-state index in [-0.39, 0.29) is 0 Å². The molecule has 1 fully saturated rings. The van der Waals surface area contributed by atoms with Crippen molar-refractivity contribution < 1.29 is 23.3 Å². The second-order valence-electron chi connectivity index (χ2n) is 3.74. The molecule has 1 atom stereocenters. The van der Waals surface area contributed by atoms with Crippen LogP contribution in [0.2, 0.25) is 0 Å². The molecule has 1 saturated heterocycles. The van der Waals surface area contributed by atoms with Crippen molar-refractivity contribution in [2.75, 3.05) is 13.0 Å². The van der Waals surface area contributed by atoms with Crippen molar-refractivity contribution >= 4 is 0 Å². The molecule has 0 saturated carbocycles. The van der Waals surface area contributed by atoms with Gasteiger partial charge in [0.15, 0.2) is 0 Å². The van der Waals surface area contributed by atoms with Crippen LogP contribution in [0.25, 0.3) is 0 Å². The molecule has 100 valence electrons. The number of nitrogens with zero attached hydrogens (tertiary/aromatic N) is 1. The van der Waals surface area contributed by atoms with Crippen LogP contribution in [0.4, 0.5) is 0 Å². The van der Waals surface area contributed by atoms with E-state index in [4.69, 9.17) is 23.3 Å². The highest BCUT2D eigenvalue weighted by atomic mass is 14.9. The van der Waals surface area contributed by atoms with Gasteiger partial charge in [0.2, 0.25) is 0 Å². The van der Waals surface area contributed by atoms with Gasteiger partial charge in [0.05, 0.1) is 19.8 Å². The molecule has 0 radical (unpaired) electrons. The zero-order valence-corrected chi connectivity index (χ0v) is 9.95. The fourth-order valence-electron chi connectivity index (χ4n) is 1.82. The lowest BCUT2D eigenvalue weighted by molar-refractivity contribution is 0.425. The van der Waals surface area contributed by atoms with E-state index >= 15 is 0 Å². The van der Waals surface area contributed by atoms with E-state index < -0.39 is 102 Å². The van der Waals surface area contributed by atoms with Crippen molar-refractivity contribution in [1.82, 2.24) is 5.32 Å². The van der Waals surface area contributed by atoms with Crippen LogP contribution in [0.5, 0.6) is 0 Å². The van der Waals surface area contributed by atoms with Gasteiger partial charge < -0.3 is 5.32 Å². The van der Waals surface area contributed by atoms with Crippen LogP contribution in [-0.2, 0) is 5.41 Å². The third kappa shape index (κ3) is 2.01. The third-order valence-corrected chi connectivity index (χ3v) is 2.73. The molecule has 0 amide bonds. The van der Waals surface area contributed by atoms with E-state index in [1.54, 1.807) is 5.32 Å². The van der Waals surface area contributed by atoms with Gasteiger partial charge in [-0.1, -0.05) is 60.4 Å². The molecule has 0 spiro atoms. The molecule has 1 aliphatic heterocycles. The highest BCUT2D eigenvalue weighted by Gasteiger charge is 2.43. The molecular formula is C18H18N2. The second kappa shape index (κ2) is 5.48. The first-order valence-corrected chi connectivity index (χ1v) is 5.47. The zero-order valence-electron chi connectivity index (χ0n) is 26.9. The molecule has 2 heteroatoms. The Balaban J connectivity index is 2.84. The molecule has 3 rings (SSSR count). The van der Waals surface area contributed by atoms with Crippen LogP contribution in [0.3, 0.4) is 0 Å². The molecule has 0 bridgehead atoms. The fraction of sp³-hybridized carbons (Fsp3) is 0.278.